The average molecular weight is 560 g/mol. The van der Waals surface area contributed by atoms with E-state index in [-0.39, 0.29) is 5.56 Å². The fourth-order valence-electron chi connectivity index (χ4n) is 3.25. The van der Waals surface area contributed by atoms with E-state index in [1.54, 1.807) is 24.3 Å². The summed E-state index contributed by atoms with van der Waals surface area (Å²) in [7, 11) is 1.15. The summed E-state index contributed by atoms with van der Waals surface area (Å²) in [6.07, 6.45) is -5.13. The van der Waals surface area contributed by atoms with Crippen LogP contribution in [0.25, 0.3) is 0 Å². The van der Waals surface area contributed by atoms with Crippen molar-refractivity contribution in [2.45, 2.75) is 51.4 Å². The molecule has 0 bridgehead atoms. The van der Waals surface area contributed by atoms with Gasteiger partial charge in [-0.05, 0) is 24.3 Å². The average Bonchev–Trinajstić information content (AvgIpc) is 2.78. The van der Waals surface area contributed by atoms with Crippen LogP contribution in [-0.2, 0) is 47.6 Å². The fourth-order valence-corrected chi connectivity index (χ4v) is 3.51. The largest absolute Gasteiger partial charge is 0.467 e. The highest BCUT2D eigenvalue weighted by Crippen LogP contribution is 2.28. The Bertz CT molecular complexity index is 936. The summed E-state index contributed by atoms with van der Waals surface area (Å²) in [5, 5.41) is 2.66. The minimum absolute atomic E-state index is 0.257. The molecule has 0 aromatic heterocycles. The summed E-state index contributed by atoms with van der Waals surface area (Å²) in [5.41, 5.74) is 0.257. The van der Waals surface area contributed by atoms with Crippen molar-refractivity contribution in [3.8, 4) is 0 Å². The lowest BCUT2D eigenvalue weighted by Crippen LogP contribution is -2.66. The molecule has 1 N–H and O–H groups in total. The van der Waals surface area contributed by atoms with Gasteiger partial charge < -0.3 is 33.7 Å². The monoisotopic (exact) mass is 559 g/mol. The van der Waals surface area contributed by atoms with E-state index in [1.165, 1.54) is 6.92 Å². The highest BCUT2D eigenvalue weighted by atomic mass is 79.9. The van der Waals surface area contributed by atoms with Crippen LogP contribution in [0.4, 0.5) is 0 Å². The van der Waals surface area contributed by atoms with Crippen LogP contribution in [0.2, 0.25) is 0 Å². The molecule has 5 atom stereocenters. The minimum Gasteiger partial charge on any atom is -0.467 e. The molecular weight excluding hydrogens is 534 g/mol. The number of methoxy groups -OCH3 is 1. The smallest absolute Gasteiger partial charge is 0.331 e. The van der Waals surface area contributed by atoms with Gasteiger partial charge in [-0.2, -0.15) is 0 Å². The molecule has 2 rings (SSSR count). The van der Waals surface area contributed by atoms with E-state index < -0.39 is 73.6 Å². The van der Waals surface area contributed by atoms with Gasteiger partial charge in [0.25, 0.3) is 5.91 Å². The van der Waals surface area contributed by atoms with Gasteiger partial charge >= 0.3 is 23.9 Å². The number of carbonyl (C=O) groups is 5. The van der Waals surface area contributed by atoms with Gasteiger partial charge in [0.05, 0.1) is 7.11 Å². The van der Waals surface area contributed by atoms with Crippen LogP contribution in [0.1, 0.15) is 31.1 Å². The third-order valence-corrected chi connectivity index (χ3v) is 5.24. The summed E-state index contributed by atoms with van der Waals surface area (Å²) >= 11 is 3.29. The lowest BCUT2D eigenvalue weighted by atomic mass is 9.95. The molecule has 35 heavy (non-hydrogen) atoms. The molecule has 0 radical (unpaired) electrons. The van der Waals surface area contributed by atoms with Crippen LogP contribution in [-0.4, -0.2) is 80.8 Å². The van der Waals surface area contributed by atoms with Crippen LogP contribution in [0, 0.1) is 0 Å². The second kappa shape index (κ2) is 13.2. The van der Waals surface area contributed by atoms with E-state index in [9.17, 15) is 24.0 Å². The molecule has 1 fully saturated rings. The number of halogens is 1. The third-order valence-electron chi connectivity index (χ3n) is 4.71. The predicted molar refractivity (Wildman–Crippen MR) is 120 cm³/mol. The molecule has 1 aromatic rings. The molecule has 1 aliphatic heterocycles. The van der Waals surface area contributed by atoms with Gasteiger partial charge in [0.15, 0.2) is 6.10 Å². The quantitative estimate of drug-likeness (QED) is 0.339. The van der Waals surface area contributed by atoms with Crippen LogP contribution in [0.3, 0.4) is 0 Å². The molecule has 1 aliphatic rings. The molecule has 1 amide bonds. The van der Waals surface area contributed by atoms with Crippen molar-refractivity contribution < 1.29 is 52.4 Å². The van der Waals surface area contributed by atoms with Gasteiger partial charge in [0.1, 0.15) is 31.5 Å². The molecular formula is C22H26BrNO11. The van der Waals surface area contributed by atoms with Gasteiger partial charge in [0, 0.05) is 30.8 Å². The van der Waals surface area contributed by atoms with Gasteiger partial charge in [-0.15, -0.1) is 0 Å². The Kier molecular flexibility index (Phi) is 10.6. The second-order valence-electron chi connectivity index (χ2n) is 7.39. The number of nitrogens with one attached hydrogen (secondary N) is 1. The SMILES string of the molecule is COC(=O)CO[C@@H]1[C@H](NC(=O)c2ccc(Br)cc2)[C@H](OC(C)=O)O[C@H](COC(C)=O)[C@H]1OC(C)=O. The topological polar surface area (TPSA) is 153 Å². The Morgan fingerprint density at radius 2 is 1.57 bits per heavy atom. The zero-order valence-corrected chi connectivity index (χ0v) is 21.1. The number of ether oxygens (including phenoxy) is 6. The highest BCUT2D eigenvalue weighted by molar-refractivity contribution is 9.10. The number of hydrogen-bond acceptors (Lipinski definition) is 11. The van der Waals surface area contributed by atoms with Crippen molar-refractivity contribution >= 4 is 45.7 Å². The molecule has 0 spiro atoms. The van der Waals surface area contributed by atoms with E-state index in [0.717, 1.165) is 25.4 Å². The molecule has 1 saturated heterocycles. The molecule has 1 heterocycles. The van der Waals surface area contributed by atoms with Crippen LogP contribution >= 0.6 is 15.9 Å². The Labute approximate surface area is 209 Å². The van der Waals surface area contributed by atoms with Crippen molar-refractivity contribution in [1.82, 2.24) is 5.32 Å². The fraction of sp³-hybridized carbons (Fsp3) is 0.500. The summed E-state index contributed by atoms with van der Waals surface area (Å²) in [5.74, 6) is -3.47. The number of esters is 4. The maximum Gasteiger partial charge on any atom is 0.331 e. The summed E-state index contributed by atoms with van der Waals surface area (Å²) in [6.45, 7) is 2.45. The zero-order chi connectivity index (χ0) is 26.1. The van der Waals surface area contributed by atoms with E-state index in [0.29, 0.717) is 0 Å². The van der Waals surface area contributed by atoms with Crippen molar-refractivity contribution in [1.29, 1.82) is 0 Å². The first-order valence-corrected chi connectivity index (χ1v) is 11.2. The van der Waals surface area contributed by atoms with Crippen molar-refractivity contribution in [3.63, 3.8) is 0 Å². The number of hydrogen-bond donors (Lipinski definition) is 1. The molecule has 0 unspecified atom stereocenters. The molecule has 13 heteroatoms. The molecule has 12 nitrogen and oxygen atoms in total. The Hall–Kier alpha value is -3.03. The summed E-state index contributed by atoms with van der Waals surface area (Å²) in [6, 6.07) is 5.15. The minimum atomic E-state index is -1.44. The summed E-state index contributed by atoms with van der Waals surface area (Å²) in [4.78, 5) is 59.8. The number of amides is 1. The first-order chi connectivity index (χ1) is 16.5. The summed E-state index contributed by atoms with van der Waals surface area (Å²) < 4.78 is 32.4. The number of carbonyl (C=O) groups excluding carboxylic acids is 5. The van der Waals surface area contributed by atoms with E-state index in [1.807, 2.05) is 0 Å². The molecule has 192 valence electrons. The van der Waals surface area contributed by atoms with E-state index in [4.69, 9.17) is 23.7 Å². The maximum absolute atomic E-state index is 13.0. The first-order valence-electron chi connectivity index (χ1n) is 10.4. The Balaban J connectivity index is 2.45. The number of benzene rings is 1. The first kappa shape index (κ1) is 28.2. The van der Waals surface area contributed by atoms with E-state index in [2.05, 4.69) is 26.0 Å². The molecule has 0 saturated carbocycles. The van der Waals surface area contributed by atoms with Crippen LogP contribution in [0.15, 0.2) is 28.7 Å². The standard InChI is InChI=1S/C22H26BrNO11/c1-11(25)31-9-16-19(33-12(2)26)20(32-10-17(28)30-4)18(22(35-16)34-13(3)27)24-21(29)14-5-7-15(23)8-6-14/h5-8,16,18-20,22H,9-10H2,1-4H3,(H,24,29)/t16-,18+,19-,20-,22-/m1/s1. The van der Waals surface area contributed by atoms with Gasteiger partial charge in [-0.1, -0.05) is 15.9 Å². The highest BCUT2D eigenvalue weighted by Gasteiger charge is 2.51. The van der Waals surface area contributed by atoms with Gasteiger partial charge in [-0.3, -0.25) is 19.2 Å². The van der Waals surface area contributed by atoms with E-state index >= 15 is 0 Å². The third kappa shape index (κ3) is 8.60. The van der Waals surface area contributed by atoms with Gasteiger partial charge in [0.2, 0.25) is 6.29 Å². The second-order valence-corrected chi connectivity index (χ2v) is 8.30. The normalized spacial score (nSPS) is 23.5. The number of rotatable bonds is 9. The zero-order valence-electron chi connectivity index (χ0n) is 19.5. The van der Waals surface area contributed by atoms with Crippen molar-refractivity contribution in [3.05, 3.63) is 34.3 Å². The van der Waals surface area contributed by atoms with Crippen LogP contribution in [0.5, 0.6) is 0 Å². The van der Waals surface area contributed by atoms with Crippen molar-refractivity contribution in [2.24, 2.45) is 0 Å². The Morgan fingerprint density at radius 3 is 2.11 bits per heavy atom. The van der Waals surface area contributed by atoms with Crippen molar-refractivity contribution in [2.75, 3.05) is 20.3 Å². The molecule has 1 aromatic carbocycles. The predicted octanol–water partition coefficient (Wildman–Crippen LogP) is 0.889. The maximum atomic E-state index is 13.0. The van der Waals surface area contributed by atoms with Gasteiger partial charge in [-0.25, -0.2) is 4.79 Å². The van der Waals surface area contributed by atoms with Crippen LogP contribution < -0.4 is 5.32 Å². The Morgan fingerprint density at radius 1 is 0.943 bits per heavy atom. The molecule has 0 aliphatic carbocycles. The lowest BCUT2D eigenvalue weighted by molar-refractivity contribution is -0.273. The lowest BCUT2D eigenvalue weighted by Gasteiger charge is -2.44.